The standard InChI is InChI=1S/C22H29N3O5/c26-21(24-12-9-16-5-1-2-6-17(16)14-24)15-30-22(27)19-13-18(25(28)29)7-8-20(19)23-10-3-4-11-23/h7-8,13,16-17H,1-6,9-12,14-15H2/t16-,17+/m0/s1. The lowest BCUT2D eigenvalue weighted by Crippen LogP contribution is -2.46. The molecule has 0 radical (unpaired) electrons. The molecular formula is C22H29N3O5. The monoisotopic (exact) mass is 415 g/mol. The van der Waals surface area contributed by atoms with Crippen LogP contribution in [-0.4, -0.2) is 54.5 Å². The first-order valence-electron chi connectivity index (χ1n) is 11.0. The second-order valence-electron chi connectivity index (χ2n) is 8.66. The lowest BCUT2D eigenvalue weighted by molar-refractivity contribution is -0.384. The van der Waals surface area contributed by atoms with Gasteiger partial charge in [-0.05, 0) is 43.6 Å². The van der Waals surface area contributed by atoms with E-state index in [2.05, 4.69) is 0 Å². The minimum Gasteiger partial charge on any atom is -0.452 e. The second kappa shape index (κ2) is 9.02. The average Bonchev–Trinajstić information content (AvgIpc) is 3.31. The topological polar surface area (TPSA) is 93.0 Å². The Morgan fingerprint density at radius 2 is 1.77 bits per heavy atom. The fourth-order valence-corrected chi connectivity index (χ4v) is 5.16. The minimum absolute atomic E-state index is 0.157. The van der Waals surface area contributed by atoms with E-state index in [-0.39, 0.29) is 23.8 Å². The third kappa shape index (κ3) is 4.42. The van der Waals surface area contributed by atoms with Crippen LogP contribution in [0, 0.1) is 22.0 Å². The smallest absolute Gasteiger partial charge is 0.341 e. The summed E-state index contributed by atoms with van der Waals surface area (Å²) < 4.78 is 5.33. The molecule has 0 N–H and O–H groups in total. The predicted molar refractivity (Wildman–Crippen MR) is 111 cm³/mol. The van der Waals surface area contributed by atoms with Crippen LogP contribution in [0.3, 0.4) is 0 Å². The van der Waals surface area contributed by atoms with Crippen molar-refractivity contribution in [2.75, 3.05) is 37.7 Å². The number of nitro benzene ring substituents is 1. The molecule has 1 aromatic carbocycles. The molecule has 0 bridgehead atoms. The number of esters is 1. The number of piperidine rings is 1. The fourth-order valence-electron chi connectivity index (χ4n) is 5.16. The molecule has 4 rings (SSSR count). The number of hydrogen-bond acceptors (Lipinski definition) is 6. The predicted octanol–water partition coefficient (Wildman–Crippen LogP) is 3.39. The van der Waals surface area contributed by atoms with Crippen molar-refractivity contribution < 1.29 is 19.2 Å². The van der Waals surface area contributed by atoms with Gasteiger partial charge in [0.15, 0.2) is 6.61 Å². The van der Waals surface area contributed by atoms with Gasteiger partial charge in [0.1, 0.15) is 0 Å². The van der Waals surface area contributed by atoms with E-state index in [1.165, 1.54) is 37.8 Å². The Morgan fingerprint density at radius 3 is 2.50 bits per heavy atom. The van der Waals surface area contributed by atoms with Gasteiger partial charge in [-0.3, -0.25) is 14.9 Å². The van der Waals surface area contributed by atoms with Crippen molar-refractivity contribution in [2.45, 2.75) is 44.9 Å². The highest BCUT2D eigenvalue weighted by atomic mass is 16.6. The molecule has 8 heteroatoms. The van der Waals surface area contributed by atoms with E-state index in [9.17, 15) is 19.7 Å². The number of ether oxygens (including phenoxy) is 1. The number of non-ortho nitro benzene ring substituents is 1. The highest BCUT2D eigenvalue weighted by Crippen LogP contribution is 2.36. The Labute approximate surface area is 176 Å². The van der Waals surface area contributed by atoms with Crippen molar-refractivity contribution in [2.24, 2.45) is 11.8 Å². The molecule has 0 spiro atoms. The highest BCUT2D eigenvalue weighted by Gasteiger charge is 2.33. The summed E-state index contributed by atoms with van der Waals surface area (Å²) in [5, 5.41) is 11.2. The van der Waals surface area contributed by atoms with Gasteiger partial charge in [0, 0.05) is 38.3 Å². The summed E-state index contributed by atoms with van der Waals surface area (Å²) in [5.74, 6) is 0.422. The Bertz CT molecular complexity index is 821. The zero-order valence-electron chi connectivity index (χ0n) is 17.3. The van der Waals surface area contributed by atoms with E-state index in [0.29, 0.717) is 18.2 Å². The van der Waals surface area contributed by atoms with Gasteiger partial charge in [0.25, 0.3) is 11.6 Å². The summed E-state index contributed by atoms with van der Waals surface area (Å²) in [6, 6.07) is 4.27. The van der Waals surface area contributed by atoms with E-state index in [4.69, 9.17) is 4.74 Å². The SMILES string of the molecule is O=C(OCC(=O)N1CC[C@@H]2CCCC[C@@H]2C1)c1cc([N+](=O)[O-])ccc1N1CCCC1. The lowest BCUT2D eigenvalue weighted by atomic mass is 9.75. The van der Waals surface area contributed by atoms with Crippen LogP contribution in [0.1, 0.15) is 55.3 Å². The molecule has 1 saturated carbocycles. The molecule has 2 atom stereocenters. The molecule has 2 saturated heterocycles. The third-order valence-electron chi connectivity index (χ3n) is 6.83. The van der Waals surface area contributed by atoms with Crippen LogP contribution in [0.15, 0.2) is 18.2 Å². The molecule has 2 aliphatic heterocycles. The van der Waals surface area contributed by atoms with Crippen LogP contribution in [-0.2, 0) is 9.53 Å². The van der Waals surface area contributed by atoms with Gasteiger partial charge >= 0.3 is 5.97 Å². The first-order valence-corrected chi connectivity index (χ1v) is 11.0. The van der Waals surface area contributed by atoms with E-state index in [1.54, 1.807) is 6.07 Å². The Kier molecular flexibility index (Phi) is 6.20. The van der Waals surface area contributed by atoms with Crippen molar-refractivity contribution in [3.8, 4) is 0 Å². The normalized spacial score (nSPS) is 23.7. The summed E-state index contributed by atoms with van der Waals surface area (Å²) >= 11 is 0. The molecule has 3 aliphatic rings. The van der Waals surface area contributed by atoms with E-state index < -0.39 is 10.9 Å². The van der Waals surface area contributed by atoms with Crippen LogP contribution < -0.4 is 4.90 Å². The Morgan fingerprint density at radius 1 is 1.03 bits per heavy atom. The molecule has 1 amide bonds. The van der Waals surface area contributed by atoms with Crippen molar-refractivity contribution in [1.29, 1.82) is 0 Å². The van der Waals surface area contributed by atoms with Gasteiger partial charge in [-0.2, -0.15) is 0 Å². The van der Waals surface area contributed by atoms with Gasteiger partial charge < -0.3 is 14.5 Å². The molecular weight excluding hydrogens is 386 g/mol. The number of rotatable bonds is 5. The molecule has 30 heavy (non-hydrogen) atoms. The van der Waals surface area contributed by atoms with Crippen molar-refractivity contribution in [3.63, 3.8) is 0 Å². The molecule has 162 valence electrons. The third-order valence-corrected chi connectivity index (χ3v) is 6.83. The fraction of sp³-hybridized carbons (Fsp3) is 0.636. The first-order chi connectivity index (χ1) is 14.5. The molecule has 1 aliphatic carbocycles. The zero-order chi connectivity index (χ0) is 21.1. The number of carbonyl (C=O) groups excluding carboxylic acids is 2. The molecule has 3 fully saturated rings. The number of amides is 1. The van der Waals surface area contributed by atoms with Gasteiger partial charge in [0.05, 0.1) is 16.2 Å². The minimum atomic E-state index is -0.679. The van der Waals surface area contributed by atoms with Crippen LogP contribution in [0.4, 0.5) is 11.4 Å². The molecule has 2 heterocycles. The van der Waals surface area contributed by atoms with Gasteiger partial charge in [-0.25, -0.2) is 4.79 Å². The number of fused-ring (bicyclic) bond motifs is 1. The first kappa shape index (κ1) is 20.6. The van der Waals surface area contributed by atoms with E-state index in [0.717, 1.165) is 44.8 Å². The largest absolute Gasteiger partial charge is 0.452 e. The molecule has 0 unspecified atom stereocenters. The lowest BCUT2D eigenvalue weighted by Gasteiger charge is -2.41. The molecule has 0 aromatic heterocycles. The zero-order valence-corrected chi connectivity index (χ0v) is 17.3. The maximum absolute atomic E-state index is 12.8. The second-order valence-corrected chi connectivity index (χ2v) is 8.66. The summed E-state index contributed by atoms with van der Waals surface area (Å²) in [5.41, 5.74) is 0.638. The summed E-state index contributed by atoms with van der Waals surface area (Å²) in [4.78, 5) is 39.9. The highest BCUT2D eigenvalue weighted by molar-refractivity contribution is 5.97. The van der Waals surface area contributed by atoms with Crippen LogP contribution in [0.25, 0.3) is 0 Å². The van der Waals surface area contributed by atoms with E-state index >= 15 is 0 Å². The number of nitrogens with zero attached hydrogens (tertiary/aromatic N) is 3. The van der Waals surface area contributed by atoms with Gasteiger partial charge in [0.2, 0.25) is 0 Å². The van der Waals surface area contributed by atoms with Gasteiger partial charge in [-0.15, -0.1) is 0 Å². The average molecular weight is 415 g/mol. The number of anilines is 1. The maximum atomic E-state index is 12.8. The van der Waals surface area contributed by atoms with Crippen LogP contribution in [0.2, 0.25) is 0 Å². The van der Waals surface area contributed by atoms with Crippen LogP contribution >= 0.6 is 0 Å². The molecule has 8 nitrogen and oxygen atoms in total. The maximum Gasteiger partial charge on any atom is 0.341 e. The number of benzene rings is 1. The summed E-state index contributed by atoms with van der Waals surface area (Å²) in [7, 11) is 0. The van der Waals surface area contributed by atoms with Crippen molar-refractivity contribution >= 4 is 23.3 Å². The molecule has 1 aromatic rings. The quantitative estimate of drug-likeness (QED) is 0.416. The number of hydrogen-bond donors (Lipinski definition) is 0. The van der Waals surface area contributed by atoms with Crippen molar-refractivity contribution in [1.82, 2.24) is 4.90 Å². The van der Waals surface area contributed by atoms with Crippen LogP contribution in [0.5, 0.6) is 0 Å². The Hall–Kier alpha value is -2.64. The summed E-state index contributed by atoms with van der Waals surface area (Å²) in [6.45, 7) is 2.74. The summed E-state index contributed by atoms with van der Waals surface area (Å²) in [6.07, 6.45) is 7.99. The van der Waals surface area contributed by atoms with Crippen molar-refractivity contribution in [3.05, 3.63) is 33.9 Å². The Balaban J connectivity index is 1.41. The number of carbonyl (C=O) groups is 2. The van der Waals surface area contributed by atoms with Gasteiger partial charge in [-0.1, -0.05) is 19.3 Å². The number of nitro groups is 1. The number of likely N-dealkylation sites (tertiary alicyclic amines) is 1. The van der Waals surface area contributed by atoms with E-state index in [1.807, 2.05) is 9.80 Å².